The van der Waals surface area contributed by atoms with Gasteiger partial charge in [-0.15, -0.1) is 11.8 Å². The van der Waals surface area contributed by atoms with Gasteiger partial charge in [0.25, 0.3) is 11.5 Å². The number of anilines is 2. The molecule has 1 aliphatic rings. The number of morpholine rings is 1. The average Bonchev–Trinajstić information content (AvgIpc) is 3.37. The van der Waals surface area contributed by atoms with Crippen molar-refractivity contribution in [1.29, 1.82) is 0 Å². The summed E-state index contributed by atoms with van der Waals surface area (Å²) in [6.45, 7) is 4.49. The van der Waals surface area contributed by atoms with Gasteiger partial charge in [-0.05, 0) is 66.8 Å². The molecule has 1 saturated heterocycles. The first-order valence-corrected chi connectivity index (χ1v) is 13.4. The van der Waals surface area contributed by atoms with Gasteiger partial charge in [-0.3, -0.25) is 9.59 Å². The van der Waals surface area contributed by atoms with Crippen molar-refractivity contribution < 1.29 is 13.9 Å². The Hall–Kier alpha value is -3.89. The lowest BCUT2D eigenvalue weighted by atomic mass is 10.0. The minimum Gasteiger partial charge on any atom is -0.378 e. The molecule has 5 rings (SSSR count). The van der Waals surface area contributed by atoms with E-state index in [4.69, 9.17) is 4.74 Å². The summed E-state index contributed by atoms with van der Waals surface area (Å²) in [4.78, 5) is 28.1. The van der Waals surface area contributed by atoms with Gasteiger partial charge < -0.3 is 19.5 Å². The lowest BCUT2D eigenvalue weighted by Gasteiger charge is -2.29. The Morgan fingerprint density at radius 1 is 1.08 bits per heavy atom. The quantitative estimate of drug-likeness (QED) is 0.368. The molecule has 8 nitrogen and oxygen atoms in total. The van der Waals surface area contributed by atoms with Crippen molar-refractivity contribution in [1.82, 2.24) is 14.3 Å². The number of amides is 1. The van der Waals surface area contributed by atoms with Gasteiger partial charge in [0.1, 0.15) is 16.5 Å². The van der Waals surface area contributed by atoms with E-state index in [9.17, 15) is 14.0 Å². The fourth-order valence-corrected chi connectivity index (χ4v) is 5.01. The van der Waals surface area contributed by atoms with Gasteiger partial charge in [-0.1, -0.05) is 6.07 Å². The van der Waals surface area contributed by atoms with Gasteiger partial charge in [0.05, 0.1) is 18.9 Å². The summed E-state index contributed by atoms with van der Waals surface area (Å²) < 4.78 is 22.0. The van der Waals surface area contributed by atoms with E-state index in [2.05, 4.69) is 15.3 Å². The molecule has 0 aliphatic carbocycles. The van der Waals surface area contributed by atoms with Crippen molar-refractivity contribution in [3.63, 3.8) is 0 Å². The van der Waals surface area contributed by atoms with Gasteiger partial charge in [0, 0.05) is 43.7 Å². The first kappa shape index (κ1) is 25.7. The monoisotopic (exact) mass is 533 g/mol. The molecule has 1 fully saturated rings. The fraction of sp³-hybridized carbons (Fsp3) is 0.250. The largest absolute Gasteiger partial charge is 0.378 e. The van der Waals surface area contributed by atoms with Gasteiger partial charge in [-0.2, -0.15) is 5.10 Å². The molecule has 0 unspecified atom stereocenters. The number of ether oxygens (including phenoxy) is 1. The van der Waals surface area contributed by atoms with E-state index in [0.29, 0.717) is 43.4 Å². The molecular formula is C28H28FN5O3S. The van der Waals surface area contributed by atoms with Crippen molar-refractivity contribution in [2.75, 3.05) is 42.8 Å². The van der Waals surface area contributed by atoms with Crippen LogP contribution in [0.2, 0.25) is 0 Å². The number of rotatable bonds is 6. The van der Waals surface area contributed by atoms with E-state index < -0.39 is 0 Å². The fourth-order valence-electron chi connectivity index (χ4n) is 4.47. The Bertz CT molecular complexity index is 1540. The maximum Gasteiger partial charge on any atom is 0.276 e. The molecule has 4 aromatic rings. The highest BCUT2D eigenvalue weighted by Crippen LogP contribution is 2.29. The number of benzene rings is 2. The van der Waals surface area contributed by atoms with Crippen molar-refractivity contribution in [3.05, 3.63) is 88.2 Å². The molecule has 2 aromatic heterocycles. The number of thioether (sulfide) groups is 1. The molecule has 0 bridgehead atoms. The predicted octanol–water partition coefficient (Wildman–Crippen LogP) is 4.50. The van der Waals surface area contributed by atoms with Crippen LogP contribution in [0.4, 0.5) is 15.8 Å². The maximum atomic E-state index is 13.4. The molecule has 0 spiro atoms. The Morgan fingerprint density at radius 3 is 2.53 bits per heavy atom. The van der Waals surface area contributed by atoms with Crippen LogP contribution in [0.5, 0.6) is 0 Å². The highest BCUT2D eigenvalue weighted by atomic mass is 32.2. The predicted molar refractivity (Wildman–Crippen MR) is 148 cm³/mol. The lowest BCUT2D eigenvalue weighted by molar-refractivity contribution is 0.102. The minimum absolute atomic E-state index is 0.0564. The Labute approximate surface area is 224 Å². The normalized spacial score (nSPS) is 13.5. The third kappa shape index (κ3) is 5.23. The second-order valence-corrected chi connectivity index (χ2v) is 9.90. The van der Waals surface area contributed by atoms with Crippen LogP contribution in [-0.4, -0.2) is 52.8 Å². The zero-order chi connectivity index (χ0) is 26.8. The number of halogens is 1. The molecule has 1 N–H and O–H groups in total. The highest BCUT2D eigenvalue weighted by Gasteiger charge is 2.19. The molecule has 1 amide bonds. The van der Waals surface area contributed by atoms with Crippen LogP contribution in [0.25, 0.3) is 16.8 Å². The molecule has 38 heavy (non-hydrogen) atoms. The van der Waals surface area contributed by atoms with Crippen molar-refractivity contribution in [2.24, 2.45) is 7.05 Å². The Kier molecular flexibility index (Phi) is 7.35. The second kappa shape index (κ2) is 10.8. The first-order valence-electron chi connectivity index (χ1n) is 12.2. The molecule has 196 valence electrons. The van der Waals surface area contributed by atoms with Crippen LogP contribution in [0.3, 0.4) is 0 Å². The van der Waals surface area contributed by atoms with Gasteiger partial charge in [0.2, 0.25) is 0 Å². The van der Waals surface area contributed by atoms with Crippen molar-refractivity contribution in [2.45, 2.75) is 11.9 Å². The summed E-state index contributed by atoms with van der Waals surface area (Å²) in [5, 5.41) is 8.17. The number of hydrogen-bond donors (Lipinski definition) is 1. The second-order valence-electron chi connectivity index (χ2n) is 9.07. The summed E-state index contributed by atoms with van der Waals surface area (Å²) in [6.07, 6.45) is 3.71. The van der Waals surface area contributed by atoms with Gasteiger partial charge in [0.15, 0.2) is 5.69 Å². The average molecular weight is 534 g/mol. The summed E-state index contributed by atoms with van der Waals surface area (Å²) >= 11 is 1.44. The number of aryl methyl sites for hydroxylation is 2. The molecule has 0 radical (unpaired) electrons. The van der Waals surface area contributed by atoms with E-state index in [0.717, 1.165) is 21.7 Å². The highest BCUT2D eigenvalue weighted by molar-refractivity contribution is 7.98. The molecule has 3 heterocycles. The summed E-state index contributed by atoms with van der Waals surface area (Å²) in [6, 6.07) is 15.3. The molecular weight excluding hydrogens is 505 g/mol. The standard InChI is InChI=1S/C28H28FN5O3S/c1-18-4-7-21(15-23(18)19-14-25(28(36)32(2)17-19)33-10-12-37-13-11-33)30-27(35)24-16-26(38-3)34(31-24)22-8-5-20(29)6-9-22/h4-9,14-17H,10-13H2,1-3H3,(H,30,35). The number of pyridine rings is 1. The molecule has 2 aromatic carbocycles. The summed E-state index contributed by atoms with van der Waals surface area (Å²) in [5.41, 5.74) is 4.91. The van der Waals surface area contributed by atoms with Gasteiger partial charge in [-0.25, -0.2) is 9.07 Å². The number of aromatic nitrogens is 3. The van der Waals surface area contributed by atoms with E-state index >= 15 is 0 Å². The van der Waals surface area contributed by atoms with Crippen molar-refractivity contribution in [3.8, 4) is 16.8 Å². The lowest BCUT2D eigenvalue weighted by Crippen LogP contribution is -2.40. The molecule has 0 atom stereocenters. The molecule has 10 heteroatoms. The number of hydrogen-bond acceptors (Lipinski definition) is 6. The van der Waals surface area contributed by atoms with Crippen LogP contribution in [0.1, 0.15) is 16.1 Å². The number of carbonyl (C=O) groups excluding carboxylic acids is 1. The zero-order valence-electron chi connectivity index (χ0n) is 21.4. The van der Waals surface area contributed by atoms with Crippen LogP contribution in [0, 0.1) is 12.7 Å². The van der Waals surface area contributed by atoms with E-state index in [1.54, 1.807) is 34.5 Å². The molecule has 0 saturated carbocycles. The van der Waals surface area contributed by atoms with E-state index in [-0.39, 0.29) is 23.0 Å². The van der Waals surface area contributed by atoms with Gasteiger partial charge >= 0.3 is 0 Å². The molecule has 1 aliphatic heterocycles. The SMILES string of the molecule is CSc1cc(C(=O)Nc2ccc(C)c(-c3cc(N4CCOCC4)c(=O)n(C)c3)c2)nn1-c1ccc(F)cc1. The van der Waals surface area contributed by atoms with Crippen LogP contribution < -0.4 is 15.8 Å². The van der Waals surface area contributed by atoms with Crippen molar-refractivity contribution >= 4 is 29.0 Å². The van der Waals surface area contributed by atoms with E-state index in [1.807, 2.05) is 43.6 Å². The number of nitrogens with zero attached hydrogens (tertiary/aromatic N) is 4. The van der Waals surface area contributed by atoms with Crippen LogP contribution in [-0.2, 0) is 11.8 Å². The topological polar surface area (TPSA) is 81.4 Å². The summed E-state index contributed by atoms with van der Waals surface area (Å²) in [5.74, 6) is -0.694. The zero-order valence-corrected chi connectivity index (χ0v) is 22.2. The first-order chi connectivity index (χ1) is 18.3. The third-order valence-electron chi connectivity index (χ3n) is 6.51. The summed E-state index contributed by atoms with van der Waals surface area (Å²) in [7, 11) is 1.75. The number of nitrogens with one attached hydrogen (secondary N) is 1. The van der Waals surface area contributed by atoms with Crippen LogP contribution in [0.15, 0.2) is 70.6 Å². The number of carbonyl (C=O) groups is 1. The minimum atomic E-state index is -0.356. The Morgan fingerprint density at radius 2 is 1.82 bits per heavy atom. The Balaban J connectivity index is 1.43. The maximum absolute atomic E-state index is 13.4. The van der Waals surface area contributed by atoms with E-state index in [1.165, 1.54) is 23.9 Å². The third-order valence-corrected chi connectivity index (χ3v) is 7.22. The van der Waals surface area contributed by atoms with Crippen LogP contribution >= 0.6 is 11.8 Å². The smallest absolute Gasteiger partial charge is 0.276 e.